The molecule has 0 unspecified atom stereocenters. The molecule has 24 heavy (non-hydrogen) atoms. The van der Waals surface area contributed by atoms with Crippen LogP contribution in [0.1, 0.15) is 24.8 Å². The molecule has 1 fully saturated rings. The molecule has 0 amide bonds. The van der Waals surface area contributed by atoms with Gasteiger partial charge in [-0.15, -0.1) is 0 Å². The van der Waals surface area contributed by atoms with E-state index in [9.17, 15) is 4.57 Å². The fourth-order valence-corrected chi connectivity index (χ4v) is 3.05. The van der Waals surface area contributed by atoms with Crippen molar-refractivity contribution in [3.05, 3.63) is 18.3 Å². The van der Waals surface area contributed by atoms with Gasteiger partial charge in [-0.3, -0.25) is 9.09 Å². The topological polar surface area (TPSA) is 129 Å². The summed E-state index contributed by atoms with van der Waals surface area (Å²) in [5, 5.41) is 0. The SMILES string of the molecule is COCCc1ncnc2c1ncn2[C@H]1CC[C@@H](COP(=O)(O)O)O1. The number of methoxy groups -OCH3 is 1. The Balaban J connectivity index is 1.73. The third-order valence-corrected chi connectivity index (χ3v) is 4.29. The number of imidazole rings is 1. The van der Waals surface area contributed by atoms with Crippen LogP contribution in [0.3, 0.4) is 0 Å². The van der Waals surface area contributed by atoms with Crippen LogP contribution in [-0.4, -0.2) is 55.7 Å². The number of phosphoric acid groups is 1. The smallest absolute Gasteiger partial charge is 0.384 e. The zero-order valence-corrected chi connectivity index (χ0v) is 14.0. The van der Waals surface area contributed by atoms with Gasteiger partial charge in [0.1, 0.15) is 18.1 Å². The van der Waals surface area contributed by atoms with Crippen molar-refractivity contribution in [2.75, 3.05) is 20.3 Å². The minimum absolute atomic E-state index is 0.151. The number of hydrogen-bond donors (Lipinski definition) is 2. The molecule has 0 aromatic carbocycles. The first-order chi connectivity index (χ1) is 11.5. The molecule has 0 spiro atoms. The van der Waals surface area contributed by atoms with Crippen LogP contribution in [0.4, 0.5) is 0 Å². The van der Waals surface area contributed by atoms with E-state index in [4.69, 9.17) is 19.3 Å². The molecular formula is C13H19N4O6P. The fraction of sp³-hybridized carbons (Fsp3) is 0.615. The highest BCUT2D eigenvalue weighted by Gasteiger charge is 2.30. The van der Waals surface area contributed by atoms with Gasteiger partial charge in [0.05, 0.1) is 31.3 Å². The lowest BCUT2D eigenvalue weighted by atomic mass is 10.2. The van der Waals surface area contributed by atoms with E-state index in [-0.39, 0.29) is 18.9 Å². The highest BCUT2D eigenvalue weighted by Crippen LogP contribution is 2.38. The molecule has 0 aliphatic carbocycles. The van der Waals surface area contributed by atoms with Crippen molar-refractivity contribution >= 4 is 19.0 Å². The summed E-state index contributed by atoms with van der Waals surface area (Å²) >= 11 is 0. The molecule has 3 rings (SSSR count). The van der Waals surface area contributed by atoms with Crippen LogP contribution in [0.5, 0.6) is 0 Å². The second-order valence-corrected chi connectivity index (χ2v) is 6.70. The second-order valence-electron chi connectivity index (χ2n) is 5.46. The molecule has 2 aromatic rings. The van der Waals surface area contributed by atoms with Crippen LogP contribution < -0.4 is 0 Å². The van der Waals surface area contributed by atoms with Gasteiger partial charge in [-0.05, 0) is 12.8 Å². The van der Waals surface area contributed by atoms with E-state index in [1.807, 2.05) is 4.57 Å². The van der Waals surface area contributed by atoms with Gasteiger partial charge in [0.25, 0.3) is 0 Å². The van der Waals surface area contributed by atoms with Crippen molar-refractivity contribution in [1.82, 2.24) is 19.5 Å². The van der Waals surface area contributed by atoms with Crippen molar-refractivity contribution in [2.45, 2.75) is 31.6 Å². The summed E-state index contributed by atoms with van der Waals surface area (Å²) in [5.74, 6) is 0. The Kier molecular flexibility index (Phi) is 5.24. The lowest BCUT2D eigenvalue weighted by molar-refractivity contribution is -0.0205. The van der Waals surface area contributed by atoms with E-state index in [0.717, 1.165) is 5.69 Å². The first-order valence-corrected chi connectivity index (χ1v) is 9.02. The van der Waals surface area contributed by atoms with Crippen LogP contribution in [0.2, 0.25) is 0 Å². The van der Waals surface area contributed by atoms with Gasteiger partial charge in [0.15, 0.2) is 5.65 Å². The molecule has 132 valence electrons. The molecule has 2 N–H and O–H groups in total. The van der Waals surface area contributed by atoms with Crippen LogP contribution in [-0.2, 0) is 25.0 Å². The van der Waals surface area contributed by atoms with Crippen molar-refractivity contribution < 1.29 is 28.3 Å². The van der Waals surface area contributed by atoms with Gasteiger partial charge in [-0.2, -0.15) is 0 Å². The van der Waals surface area contributed by atoms with Crippen molar-refractivity contribution in [3.63, 3.8) is 0 Å². The molecule has 2 aromatic heterocycles. The quantitative estimate of drug-likeness (QED) is 0.690. The molecule has 10 nitrogen and oxygen atoms in total. The Morgan fingerprint density at radius 3 is 2.96 bits per heavy atom. The average Bonchev–Trinajstić information content (AvgIpc) is 3.16. The molecule has 0 radical (unpaired) electrons. The minimum atomic E-state index is -4.49. The van der Waals surface area contributed by atoms with Crippen LogP contribution in [0.25, 0.3) is 11.2 Å². The highest BCUT2D eigenvalue weighted by atomic mass is 31.2. The van der Waals surface area contributed by atoms with E-state index >= 15 is 0 Å². The van der Waals surface area contributed by atoms with Gasteiger partial charge in [-0.25, -0.2) is 19.5 Å². The van der Waals surface area contributed by atoms with E-state index < -0.39 is 7.82 Å². The highest BCUT2D eigenvalue weighted by molar-refractivity contribution is 7.46. The Morgan fingerprint density at radius 2 is 2.21 bits per heavy atom. The van der Waals surface area contributed by atoms with Crippen molar-refractivity contribution in [2.24, 2.45) is 0 Å². The normalized spacial score (nSPS) is 21.6. The van der Waals surface area contributed by atoms with Gasteiger partial charge in [0.2, 0.25) is 0 Å². The first-order valence-electron chi connectivity index (χ1n) is 7.49. The summed E-state index contributed by atoms with van der Waals surface area (Å²) < 4.78 is 28.0. The molecule has 2 atom stereocenters. The molecule has 0 saturated carbocycles. The second kappa shape index (κ2) is 7.22. The minimum Gasteiger partial charge on any atom is -0.384 e. The van der Waals surface area contributed by atoms with Crippen LogP contribution in [0, 0.1) is 0 Å². The first kappa shape index (κ1) is 17.4. The number of rotatable bonds is 7. The number of fused-ring (bicyclic) bond motifs is 1. The van der Waals surface area contributed by atoms with E-state index in [1.165, 1.54) is 6.33 Å². The van der Waals surface area contributed by atoms with Gasteiger partial charge in [-0.1, -0.05) is 0 Å². The van der Waals surface area contributed by atoms with Gasteiger partial charge in [0, 0.05) is 13.5 Å². The molecule has 1 saturated heterocycles. The van der Waals surface area contributed by atoms with E-state index in [1.54, 1.807) is 13.4 Å². The van der Waals surface area contributed by atoms with Crippen LogP contribution >= 0.6 is 7.82 Å². The summed E-state index contributed by atoms with van der Waals surface area (Å²) in [4.78, 5) is 30.4. The largest absolute Gasteiger partial charge is 0.469 e. The average molecular weight is 358 g/mol. The lowest BCUT2D eigenvalue weighted by Gasteiger charge is -2.15. The summed E-state index contributed by atoms with van der Waals surface area (Å²) in [6, 6.07) is 0. The Labute approximate surface area is 138 Å². The monoisotopic (exact) mass is 358 g/mol. The molecule has 1 aliphatic rings. The number of nitrogens with zero attached hydrogens (tertiary/aromatic N) is 4. The van der Waals surface area contributed by atoms with Crippen LogP contribution in [0.15, 0.2) is 12.7 Å². The van der Waals surface area contributed by atoms with E-state index in [2.05, 4.69) is 19.5 Å². The standard InChI is InChI=1S/C13H19N4O6P/c1-21-5-4-10-12-13(15-7-14-10)17(8-16-12)11-3-2-9(23-11)6-22-24(18,19)20/h7-9,11H,2-6H2,1H3,(H2,18,19,20)/t9-,11+/m0/s1. The Hall–Kier alpha value is -1.42. The van der Waals surface area contributed by atoms with E-state index in [0.29, 0.717) is 37.0 Å². The predicted octanol–water partition coefficient (Wildman–Crippen LogP) is 0.802. The molecule has 1 aliphatic heterocycles. The zero-order chi connectivity index (χ0) is 17.2. The number of hydrogen-bond acceptors (Lipinski definition) is 7. The lowest BCUT2D eigenvalue weighted by Crippen LogP contribution is -2.16. The van der Waals surface area contributed by atoms with Crippen molar-refractivity contribution in [1.29, 1.82) is 0 Å². The molecule has 3 heterocycles. The summed E-state index contributed by atoms with van der Waals surface area (Å²) in [6.45, 7) is 0.391. The van der Waals surface area contributed by atoms with Gasteiger partial charge >= 0.3 is 7.82 Å². The molecule has 11 heteroatoms. The van der Waals surface area contributed by atoms with Gasteiger partial charge < -0.3 is 19.3 Å². The summed E-state index contributed by atoms with van der Waals surface area (Å²) in [7, 11) is -2.86. The number of ether oxygens (including phenoxy) is 2. The third kappa shape index (κ3) is 3.97. The summed E-state index contributed by atoms with van der Waals surface area (Å²) in [6.07, 6.45) is 4.39. The Morgan fingerprint density at radius 1 is 1.38 bits per heavy atom. The third-order valence-electron chi connectivity index (χ3n) is 3.80. The number of phosphoric ester groups is 1. The summed E-state index contributed by atoms with van der Waals surface area (Å²) in [5.41, 5.74) is 2.17. The molecular weight excluding hydrogens is 339 g/mol. The maximum Gasteiger partial charge on any atom is 0.469 e. The zero-order valence-electron chi connectivity index (χ0n) is 13.1. The maximum atomic E-state index is 10.8. The Bertz CT molecular complexity index is 747. The predicted molar refractivity (Wildman–Crippen MR) is 82.0 cm³/mol. The molecule has 0 bridgehead atoms. The maximum absolute atomic E-state index is 10.8. The fourth-order valence-electron chi connectivity index (χ4n) is 2.69. The number of aromatic nitrogens is 4. The van der Waals surface area contributed by atoms with Crippen molar-refractivity contribution in [3.8, 4) is 0 Å².